The number of aromatic nitrogens is 1. The third kappa shape index (κ3) is 5.20. The van der Waals surface area contributed by atoms with Gasteiger partial charge in [0.25, 0.3) is 0 Å². The fourth-order valence-electron chi connectivity index (χ4n) is 2.18. The third-order valence-electron chi connectivity index (χ3n) is 3.50. The molecule has 118 valence electrons. The van der Waals surface area contributed by atoms with Gasteiger partial charge in [0.1, 0.15) is 5.82 Å². The van der Waals surface area contributed by atoms with Crippen LogP contribution in [0.5, 0.6) is 0 Å². The van der Waals surface area contributed by atoms with Crippen molar-refractivity contribution in [3.8, 4) is 6.07 Å². The molecule has 5 nitrogen and oxygen atoms in total. The highest BCUT2D eigenvalue weighted by molar-refractivity contribution is 5.89. The van der Waals surface area contributed by atoms with Crippen molar-refractivity contribution in [1.82, 2.24) is 10.3 Å². The zero-order chi connectivity index (χ0) is 16.7. The number of carbonyl (C=O) groups is 1. The Kier molecular flexibility index (Phi) is 5.84. The van der Waals surface area contributed by atoms with Crippen molar-refractivity contribution in [2.24, 2.45) is 0 Å². The van der Waals surface area contributed by atoms with Crippen LogP contribution >= 0.6 is 0 Å². The molecule has 0 fully saturated rings. The van der Waals surface area contributed by atoms with Crippen molar-refractivity contribution < 1.29 is 4.79 Å². The van der Waals surface area contributed by atoms with Gasteiger partial charge < -0.3 is 10.6 Å². The van der Waals surface area contributed by atoms with Gasteiger partial charge in [0.2, 0.25) is 5.91 Å². The predicted molar refractivity (Wildman–Crippen MR) is 89.8 cm³/mol. The summed E-state index contributed by atoms with van der Waals surface area (Å²) in [5.74, 6) is 0.512. The quantitative estimate of drug-likeness (QED) is 0.860. The lowest BCUT2D eigenvalue weighted by molar-refractivity contribution is -0.116. The number of nitrogens with zero attached hydrogens (tertiary/aromatic N) is 2. The highest BCUT2D eigenvalue weighted by Crippen LogP contribution is 2.13. The molecule has 0 unspecified atom stereocenters. The summed E-state index contributed by atoms with van der Waals surface area (Å²) >= 11 is 0. The van der Waals surface area contributed by atoms with Gasteiger partial charge in [-0.3, -0.25) is 4.79 Å². The van der Waals surface area contributed by atoms with Crippen LogP contribution in [0.15, 0.2) is 42.5 Å². The molecule has 0 aliphatic rings. The van der Waals surface area contributed by atoms with E-state index >= 15 is 0 Å². The second-order valence-corrected chi connectivity index (χ2v) is 5.37. The Hall–Kier alpha value is -2.71. The van der Waals surface area contributed by atoms with Gasteiger partial charge in [-0.1, -0.05) is 18.2 Å². The molecule has 0 aliphatic heterocycles. The molecule has 1 amide bonds. The molecule has 0 spiro atoms. The maximum absolute atomic E-state index is 11.9. The molecule has 0 saturated heterocycles. The van der Waals surface area contributed by atoms with E-state index in [4.69, 9.17) is 5.26 Å². The van der Waals surface area contributed by atoms with E-state index in [1.165, 1.54) is 0 Å². The first kappa shape index (κ1) is 16.7. The first-order chi connectivity index (χ1) is 11.1. The highest BCUT2D eigenvalue weighted by atomic mass is 16.1. The van der Waals surface area contributed by atoms with Crippen molar-refractivity contribution in [3.63, 3.8) is 0 Å². The number of benzene rings is 1. The van der Waals surface area contributed by atoms with Gasteiger partial charge in [0, 0.05) is 24.7 Å². The molecular formula is C18H20N4O. The summed E-state index contributed by atoms with van der Waals surface area (Å²) in [6.07, 6.45) is 0.371. The molecular weight excluding hydrogens is 288 g/mol. The fraction of sp³-hybridized carbons (Fsp3) is 0.278. The number of aryl methyl sites for hydroxylation is 1. The molecule has 0 bridgehead atoms. The Morgan fingerprint density at radius 1 is 1.26 bits per heavy atom. The van der Waals surface area contributed by atoms with Crippen LogP contribution in [0.2, 0.25) is 0 Å². The molecule has 23 heavy (non-hydrogen) atoms. The van der Waals surface area contributed by atoms with E-state index in [1.54, 1.807) is 18.2 Å². The summed E-state index contributed by atoms with van der Waals surface area (Å²) in [6, 6.07) is 15.2. The van der Waals surface area contributed by atoms with Crippen LogP contribution in [0, 0.1) is 18.3 Å². The standard InChI is InChI=1S/C18H20N4O/c1-13-4-3-5-17(21-13)22-18(23)10-11-20-14(2)16-8-6-15(12-19)7-9-16/h3-9,14,20H,10-11H2,1-2H3,(H,21,22,23)/t14-/m1/s1. The number of carbonyl (C=O) groups excluding carboxylic acids is 1. The molecule has 0 saturated carbocycles. The number of rotatable bonds is 6. The normalized spacial score (nSPS) is 11.5. The topological polar surface area (TPSA) is 77.8 Å². The SMILES string of the molecule is Cc1cccc(NC(=O)CCN[C@H](C)c2ccc(C#N)cc2)n1. The molecule has 1 aromatic heterocycles. The van der Waals surface area contributed by atoms with Crippen LogP contribution < -0.4 is 10.6 Å². The van der Waals surface area contributed by atoms with Gasteiger partial charge in [-0.2, -0.15) is 5.26 Å². The van der Waals surface area contributed by atoms with Crippen LogP contribution in [0.1, 0.15) is 36.2 Å². The van der Waals surface area contributed by atoms with E-state index in [2.05, 4.69) is 21.7 Å². The molecule has 2 aromatic rings. The van der Waals surface area contributed by atoms with Gasteiger partial charge in [0.15, 0.2) is 0 Å². The van der Waals surface area contributed by atoms with Crippen molar-refractivity contribution in [3.05, 3.63) is 59.3 Å². The minimum Gasteiger partial charge on any atom is -0.311 e. The van der Waals surface area contributed by atoms with Gasteiger partial charge >= 0.3 is 0 Å². The zero-order valence-electron chi connectivity index (χ0n) is 13.3. The molecule has 2 rings (SSSR count). The molecule has 1 aromatic carbocycles. The molecule has 1 heterocycles. The Morgan fingerprint density at radius 3 is 2.65 bits per heavy atom. The first-order valence-corrected chi connectivity index (χ1v) is 7.55. The maximum Gasteiger partial charge on any atom is 0.226 e. The highest BCUT2D eigenvalue weighted by Gasteiger charge is 2.07. The van der Waals surface area contributed by atoms with Gasteiger partial charge in [-0.25, -0.2) is 4.98 Å². The summed E-state index contributed by atoms with van der Waals surface area (Å²) in [4.78, 5) is 16.1. The predicted octanol–water partition coefficient (Wildman–Crippen LogP) is 2.94. The number of anilines is 1. The van der Waals surface area contributed by atoms with Crippen LogP contribution in [0.3, 0.4) is 0 Å². The van der Waals surface area contributed by atoms with Gasteiger partial charge in [0.05, 0.1) is 11.6 Å². The average Bonchev–Trinajstić information content (AvgIpc) is 2.55. The summed E-state index contributed by atoms with van der Waals surface area (Å²) < 4.78 is 0. The summed E-state index contributed by atoms with van der Waals surface area (Å²) in [6.45, 7) is 4.48. The smallest absolute Gasteiger partial charge is 0.226 e. The number of hydrogen-bond donors (Lipinski definition) is 2. The van der Waals surface area contributed by atoms with E-state index in [0.717, 1.165) is 11.3 Å². The van der Waals surface area contributed by atoms with Gasteiger partial charge in [-0.05, 0) is 43.7 Å². The van der Waals surface area contributed by atoms with E-state index in [0.29, 0.717) is 24.3 Å². The second-order valence-electron chi connectivity index (χ2n) is 5.37. The van der Waals surface area contributed by atoms with E-state index in [1.807, 2.05) is 38.1 Å². The Morgan fingerprint density at radius 2 is 2.00 bits per heavy atom. The minimum atomic E-state index is -0.0670. The van der Waals surface area contributed by atoms with Crippen molar-refractivity contribution >= 4 is 11.7 Å². The third-order valence-corrected chi connectivity index (χ3v) is 3.50. The van der Waals surface area contributed by atoms with Crippen LogP contribution in [0.4, 0.5) is 5.82 Å². The van der Waals surface area contributed by atoms with Crippen LogP contribution in [-0.4, -0.2) is 17.4 Å². The summed E-state index contributed by atoms with van der Waals surface area (Å²) in [5.41, 5.74) is 2.60. The lowest BCUT2D eigenvalue weighted by atomic mass is 10.1. The first-order valence-electron chi connectivity index (χ1n) is 7.55. The number of pyridine rings is 1. The number of hydrogen-bond acceptors (Lipinski definition) is 4. The van der Waals surface area contributed by atoms with Crippen LogP contribution in [0.25, 0.3) is 0 Å². The largest absolute Gasteiger partial charge is 0.311 e. The van der Waals surface area contributed by atoms with Crippen molar-refractivity contribution in [1.29, 1.82) is 5.26 Å². The molecule has 0 aliphatic carbocycles. The van der Waals surface area contributed by atoms with Crippen LogP contribution in [-0.2, 0) is 4.79 Å². The summed E-state index contributed by atoms with van der Waals surface area (Å²) in [5, 5.41) is 14.9. The Bertz CT molecular complexity index is 704. The molecule has 5 heteroatoms. The maximum atomic E-state index is 11.9. The van der Waals surface area contributed by atoms with E-state index in [9.17, 15) is 4.79 Å². The summed E-state index contributed by atoms with van der Waals surface area (Å²) in [7, 11) is 0. The lowest BCUT2D eigenvalue weighted by Crippen LogP contribution is -2.24. The lowest BCUT2D eigenvalue weighted by Gasteiger charge is -2.14. The monoisotopic (exact) mass is 308 g/mol. The fourth-order valence-corrected chi connectivity index (χ4v) is 2.18. The second kappa shape index (κ2) is 8.06. The Balaban J connectivity index is 1.77. The molecule has 0 radical (unpaired) electrons. The average molecular weight is 308 g/mol. The van der Waals surface area contributed by atoms with Crippen molar-refractivity contribution in [2.75, 3.05) is 11.9 Å². The Labute approximate surface area is 136 Å². The van der Waals surface area contributed by atoms with Gasteiger partial charge in [-0.15, -0.1) is 0 Å². The number of nitrogens with one attached hydrogen (secondary N) is 2. The molecule has 2 N–H and O–H groups in total. The molecule has 1 atom stereocenters. The number of amides is 1. The zero-order valence-corrected chi connectivity index (χ0v) is 13.3. The minimum absolute atomic E-state index is 0.0670. The van der Waals surface area contributed by atoms with E-state index in [-0.39, 0.29) is 11.9 Å². The number of nitriles is 1. The van der Waals surface area contributed by atoms with Crippen molar-refractivity contribution in [2.45, 2.75) is 26.3 Å². The van der Waals surface area contributed by atoms with E-state index < -0.39 is 0 Å².